The van der Waals surface area contributed by atoms with Gasteiger partial charge in [0.25, 0.3) is 33.4 Å². The number of hydrogen-bond acceptors (Lipinski definition) is 20. The molecule has 0 saturated carbocycles. The first-order valence-corrected chi connectivity index (χ1v) is 30.6. The third kappa shape index (κ3) is 45.9. The van der Waals surface area contributed by atoms with Gasteiger partial charge in [-0.15, -0.1) is 0 Å². The van der Waals surface area contributed by atoms with Gasteiger partial charge in [0, 0.05) is 215 Å². The Hall–Kier alpha value is 4.72. The first-order chi connectivity index (χ1) is 34.1. The second-order valence-corrected chi connectivity index (χ2v) is 30.2. The first kappa shape index (κ1) is 125. The number of alkyl halides is 18. The molecular formula is C32H61ClCu9F18KN8O12S6. The summed E-state index contributed by atoms with van der Waals surface area (Å²) in [4.78, 5) is 18.6. The van der Waals surface area contributed by atoms with Crippen molar-refractivity contribution in [1.29, 1.82) is 0 Å². The van der Waals surface area contributed by atoms with Crippen LogP contribution in [0.1, 0.15) is 0 Å². The van der Waals surface area contributed by atoms with Crippen molar-refractivity contribution in [2.75, 3.05) is 163 Å². The third-order valence-corrected chi connectivity index (χ3v) is 23.6. The maximum atomic E-state index is 12.1. The van der Waals surface area contributed by atoms with Gasteiger partial charge in [-0.1, -0.05) is 0 Å². The fourth-order valence-corrected chi connectivity index (χ4v) is 16.6. The molecule has 0 aliphatic carbocycles. The molecule has 0 atom stereocenters. The smallest absolute Gasteiger partial charge is 0 e. The number of halogens is 19. The maximum Gasteiger partial charge on any atom is 1.00 e. The van der Waals surface area contributed by atoms with E-state index in [0.717, 1.165) is 78.5 Å². The molecule has 55 heteroatoms. The quantitative estimate of drug-likeness (QED) is 0.0700. The standard InChI is InChI=1S/2C12H30N4.C4HF9O6S3.C4F9O6S3.ClH.9Cu.K/c2*1-13(2)7-10-16(11-8-14(3)4)12-9-15(5)6;2*5-2(6,7)20(14,15)1(21(16,17)3(8,9)10)22(18,19)4(11,12)13;;;;;;;;;;;/h2*7-12H2,1-6H3;1H;;1H;;;;;;;;;;/q;;;-1;;;;;;;;;;2*+1/p-1. The minimum Gasteiger partial charge on any atom is 0 e. The first-order valence-electron chi connectivity index (χ1n) is 20.2. The van der Waals surface area contributed by atoms with Crippen molar-refractivity contribution in [1.82, 2.24) is 39.2 Å². The van der Waals surface area contributed by atoms with Gasteiger partial charge in [-0.3, -0.25) is 35.1 Å². The molecule has 0 heterocycles. The van der Waals surface area contributed by atoms with Gasteiger partial charge >= 0.3 is 110 Å². The van der Waals surface area contributed by atoms with Gasteiger partial charge in [-0.25, -0.2) is 25.3 Å². The van der Waals surface area contributed by atoms with Crippen LogP contribution in [0.3, 0.4) is 0 Å². The van der Waals surface area contributed by atoms with E-state index in [1.807, 2.05) is 0 Å². The zero-order chi connectivity index (χ0) is 64.3. The minimum atomic E-state index is -8.02. The Morgan fingerprint density at radius 1 is 0.287 bits per heavy atom. The Balaban J connectivity index is -0.0000000657. The van der Waals surface area contributed by atoms with Crippen LogP contribution in [0.2, 0.25) is 0 Å². The molecule has 0 N–H and O–H groups in total. The summed E-state index contributed by atoms with van der Waals surface area (Å²) in [5.41, 5.74) is -42.2. The molecular weight excluding hydrogens is 1870 g/mol. The molecule has 0 unspecified atom stereocenters. The monoisotopic (exact) mass is 1920 g/mol. The van der Waals surface area contributed by atoms with E-state index < -0.39 is 99.9 Å². The normalized spacial score (nSPS) is 12.8. The van der Waals surface area contributed by atoms with Gasteiger partial charge in [0.2, 0.25) is 0 Å². The molecule has 0 aliphatic rings. The van der Waals surface area contributed by atoms with E-state index in [4.69, 9.17) is 0 Å². The van der Waals surface area contributed by atoms with Gasteiger partial charge in [0.05, 0.1) is 3.91 Å². The Kier molecular flexibility index (Phi) is 74.4. The molecule has 0 aromatic carbocycles. The van der Waals surface area contributed by atoms with Crippen LogP contribution in [0, 0.1) is 3.91 Å². The summed E-state index contributed by atoms with van der Waals surface area (Å²) in [6, 6.07) is 0. The predicted molar refractivity (Wildman–Crippen MR) is 247 cm³/mol. The fraction of sp³-hybridized carbons (Fsp3) is 0.969. The SMILES string of the molecule is CN(C)CCN(CCN(C)C)CCN(C)C.CN(C)CCN(CCN(C)C)CCN(C)C.O=S(=O)(C(S(=O)(=O)C(F)(F)F)S(=O)(=O)C(F)(F)F)C(F)(F)F.O=S(=O)([C-](S(=O)(=O)C(F)(F)F)S(=O)(=O)C(F)(F)F)C(F)(F)F.[Cl][Cu].[Cu].[Cu].[Cu].[Cu].[Cu].[Cu].[Cu].[Cu].[K+]. The summed E-state index contributed by atoms with van der Waals surface area (Å²) in [7, 11) is -18.0. The van der Waals surface area contributed by atoms with Gasteiger partial charge in [0.1, 0.15) is 0 Å². The van der Waals surface area contributed by atoms with Crippen molar-refractivity contribution in [3.63, 3.8) is 0 Å². The maximum absolute atomic E-state index is 12.1. The average molecular weight is 1930 g/mol. The Morgan fingerprint density at radius 3 is 0.483 bits per heavy atom. The molecule has 0 aromatic rings. The van der Waals surface area contributed by atoms with Crippen molar-refractivity contribution < 1.29 is 333 Å². The summed E-state index contributed by atoms with van der Waals surface area (Å²) < 4.78 is 334. The Morgan fingerprint density at radius 2 is 0.402 bits per heavy atom. The van der Waals surface area contributed by atoms with Gasteiger partial charge in [0.15, 0.2) is 29.5 Å². The van der Waals surface area contributed by atoms with Crippen LogP contribution in [0.15, 0.2) is 0 Å². The number of likely N-dealkylation sites (N-methyl/N-ethyl adjacent to an activating group) is 6. The van der Waals surface area contributed by atoms with E-state index in [0.29, 0.717) is 0 Å². The van der Waals surface area contributed by atoms with Crippen molar-refractivity contribution in [2.45, 2.75) is 37.0 Å². The molecule has 0 fully saturated rings. The molecule has 0 amide bonds. The zero-order valence-electron chi connectivity index (χ0n) is 46.4. The topological polar surface area (TPSA) is 231 Å². The zero-order valence-corrected chi connectivity index (χ0v) is 63.6. The van der Waals surface area contributed by atoms with Crippen molar-refractivity contribution in [3.8, 4) is 0 Å². The predicted octanol–water partition coefficient (Wildman–Crippen LogP) is -0.0716. The summed E-state index contributed by atoms with van der Waals surface area (Å²) in [5, 5.41) is 0. The third-order valence-electron chi connectivity index (χ3n) is 8.48. The number of sulfone groups is 6. The molecule has 0 aromatic heterocycles. The average Bonchev–Trinajstić information content (AvgIpc) is 3.18. The number of nitrogens with zero attached hydrogens (tertiary/aromatic N) is 8. The summed E-state index contributed by atoms with van der Waals surface area (Å²) in [6.07, 6.45) is 0. The number of hydrogen-bond donors (Lipinski definition) is 0. The fourth-order valence-electron chi connectivity index (χ4n) is 4.26. The van der Waals surface area contributed by atoms with Crippen LogP contribution in [0.4, 0.5) is 79.0 Å². The summed E-state index contributed by atoms with van der Waals surface area (Å²) >= 11 is 3.66. The van der Waals surface area contributed by atoms with Gasteiger partial charge < -0.3 is 29.4 Å². The Bertz CT molecular complexity index is 2040. The second kappa shape index (κ2) is 51.8. The largest absolute Gasteiger partial charge is 1.00 e. The minimum absolute atomic E-state index is 0. The van der Waals surface area contributed by atoms with Crippen LogP contribution in [0.25, 0.3) is 0 Å². The van der Waals surface area contributed by atoms with Crippen LogP contribution >= 0.6 is 10.1 Å². The van der Waals surface area contributed by atoms with E-state index in [1.165, 1.54) is 0 Å². The molecule has 0 spiro atoms. The molecule has 87 heavy (non-hydrogen) atoms. The van der Waals surface area contributed by atoms with Crippen LogP contribution in [-0.4, -0.2) is 290 Å². The van der Waals surface area contributed by atoms with Crippen molar-refractivity contribution in [3.05, 3.63) is 3.91 Å². The van der Waals surface area contributed by atoms with E-state index in [9.17, 15) is 130 Å². The van der Waals surface area contributed by atoms with Crippen LogP contribution in [-0.2, 0) is 211 Å². The van der Waals surface area contributed by atoms with Crippen molar-refractivity contribution in [2.24, 2.45) is 0 Å². The molecule has 0 saturated heterocycles. The van der Waals surface area contributed by atoms with Gasteiger partial charge in [-0.2, -0.15) is 79.0 Å². The Labute approximate surface area is 636 Å². The van der Waals surface area contributed by atoms with E-state index in [2.05, 4.69) is 149 Å². The molecule has 570 valence electrons. The molecule has 0 aliphatic heterocycles. The van der Waals surface area contributed by atoms with E-state index in [1.54, 1.807) is 0 Å². The van der Waals surface area contributed by atoms with Crippen LogP contribution < -0.4 is 51.4 Å². The summed E-state index contributed by atoms with van der Waals surface area (Å²) in [6.45, 7) is 13.8. The number of rotatable bonds is 24. The van der Waals surface area contributed by atoms with Crippen molar-refractivity contribution >= 4 is 69.1 Å². The van der Waals surface area contributed by atoms with E-state index in [-0.39, 0.29) is 188 Å². The molecule has 8 radical (unpaired) electrons. The van der Waals surface area contributed by atoms with E-state index >= 15 is 0 Å². The van der Waals surface area contributed by atoms with Gasteiger partial charge in [-0.05, 0) is 84.6 Å². The molecule has 0 rings (SSSR count). The summed E-state index contributed by atoms with van der Waals surface area (Å²) in [5.74, 6) is 0. The second-order valence-electron chi connectivity index (χ2n) is 16.9. The molecule has 20 nitrogen and oxygen atoms in total. The molecule has 0 bridgehead atoms. The van der Waals surface area contributed by atoms with Crippen LogP contribution in [0.5, 0.6) is 0 Å².